The van der Waals surface area contributed by atoms with Gasteiger partial charge in [0.25, 0.3) is 0 Å². The number of benzene rings is 1. The number of nitrogens with one attached hydrogen (secondary N) is 1. The van der Waals surface area contributed by atoms with E-state index in [1.807, 2.05) is 42.2 Å². The maximum absolute atomic E-state index is 4.77. The molecule has 2 aromatic heterocycles. The van der Waals surface area contributed by atoms with Gasteiger partial charge in [0.05, 0.1) is 23.2 Å². The third kappa shape index (κ3) is 2.74. The van der Waals surface area contributed by atoms with Crippen molar-refractivity contribution in [2.45, 2.75) is 13.3 Å². The van der Waals surface area contributed by atoms with E-state index in [1.54, 1.807) is 0 Å². The second-order valence-corrected chi connectivity index (χ2v) is 5.76. The first-order chi connectivity index (χ1) is 11.8. The number of hydrogen-bond donors (Lipinski definition) is 1. The average Bonchev–Trinajstić information content (AvgIpc) is 3.15. The van der Waals surface area contributed by atoms with Gasteiger partial charge in [0.2, 0.25) is 0 Å². The molecule has 4 rings (SSSR count). The summed E-state index contributed by atoms with van der Waals surface area (Å²) in [4.78, 5) is 8.14. The van der Waals surface area contributed by atoms with Crippen LogP contribution in [0.4, 0.5) is 0 Å². The summed E-state index contributed by atoms with van der Waals surface area (Å²) in [5.74, 6) is 0.839. The fourth-order valence-electron chi connectivity index (χ4n) is 2.78. The van der Waals surface area contributed by atoms with Gasteiger partial charge in [-0.25, -0.2) is 9.67 Å². The number of aromatic nitrogens is 4. The Labute approximate surface area is 140 Å². The maximum atomic E-state index is 4.77. The molecule has 1 aliphatic carbocycles. The number of aryl methyl sites for hydroxylation is 1. The average molecular weight is 314 g/mol. The fourth-order valence-corrected chi connectivity index (χ4v) is 2.78. The van der Waals surface area contributed by atoms with Gasteiger partial charge in [-0.1, -0.05) is 48.6 Å². The highest BCUT2D eigenvalue weighted by molar-refractivity contribution is 5.68. The van der Waals surface area contributed by atoms with Gasteiger partial charge < -0.3 is 4.98 Å². The van der Waals surface area contributed by atoms with Crippen molar-refractivity contribution in [3.05, 3.63) is 78.8 Å². The molecule has 1 aromatic carbocycles. The lowest BCUT2D eigenvalue weighted by atomic mass is 10.1. The number of aromatic amines is 1. The molecule has 24 heavy (non-hydrogen) atoms. The minimum atomic E-state index is 0.839. The van der Waals surface area contributed by atoms with Crippen LogP contribution in [-0.2, 0) is 0 Å². The third-order valence-electron chi connectivity index (χ3n) is 4.02. The van der Waals surface area contributed by atoms with E-state index < -0.39 is 0 Å². The molecule has 0 bridgehead atoms. The first-order valence-corrected chi connectivity index (χ1v) is 8.02. The lowest BCUT2D eigenvalue weighted by molar-refractivity contribution is 0.910. The molecule has 2 heterocycles. The van der Waals surface area contributed by atoms with Crippen molar-refractivity contribution < 1.29 is 0 Å². The van der Waals surface area contributed by atoms with E-state index >= 15 is 0 Å². The Morgan fingerprint density at radius 1 is 1.08 bits per heavy atom. The summed E-state index contributed by atoms with van der Waals surface area (Å²) < 4.78 is 1.88. The molecule has 1 N–H and O–H groups in total. The second-order valence-electron chi connectivity index (χ2n) is 5.76. The molecule has 0 spiro atoms. The molecule has 0 atom stereocenters. The van der Waals surface area contributed by atoms with E-state index in [0.717, 1.165) is 40.5 Å². The molecule has 1 aliphatic rings. The molecular formula is C20H18N4. The molecule has 0 saturated carbocycles. The topological polar surface area (TPSA) is 46.5 Å². The molecule has 0 amide bonds. The standard InChI is InChI=1S/C20H18N4/c1-15-19(16-9-5-4-6-10-16)23-20(22-15)17-13-21-24(14-17)18-11-7-2-3-8-12-18/h2,4-14H,3H2,1H3,(H,22,23). The van der Waals surface area contributed by atoms with Crippen LogP contribution < -0.4 is 0 Å². The van der Waals surface area contributed by atoms with Crippen LogP contribution in [-0.4, -0.2) is 19.7 Å². The highest BCUT2D eigenvalue weighted by atomic mass is 15.3. The predicted molar refractivity (Wildman–Crippen MR) is 97.2 cm³/mol. The molecule has 0 radical (unpaired) electrons. The third-order valence-corrected chi connectivity index (χ3v) is 4.02. The molecular weight excluding hydrogens is 296 g/mol. The first kappa shape index (κ1) is 14.5. The Bertz CT molecular complexity index is 939. The lowest BCUT2D eigenvalue weighted by Crippen LogP contribution is -1.93. The van der Waals surface area contributed by atoms with E-state index in [1.165, 1.54) is 0 Å². The molecule has 4 nitrogen and oxygen atoms in total. The van der Waals surface area contributed by atoms with E-state index in [4.69, 9.17) is 4.98 Å². The minimum absolute atomic E-state index is 0.839. The molecule has 4 heteroatoms. The Morgan fingerprint density at radius 3 is 2.83 bits per heavy atom. The molecule has 3 aromatic rings. The SMILES string of the molecule is Cc1[nH]c(-c2cnn(C3=CC=CCC=C3)c2)nc1-c1ccccc1. The summed E-state index contributed by atoms with van der Waals surface area (Å²) in [6.45, 7) is 2.05. The highest BCUT2D eigenvalue weighted by Gasteiger charge is 2.12. The molecule has 118 valence electrons. The van der Waals surface area contributed by atoms with Crippen LogP contribution in [0, 0.1) is 6.92 Å². The smallest absolute Gasteiger partial charge is 0.141 e. The van der Waals surface area contributed by atoms with Crippen molar-refractivity contribution in [1.82, 2.24) is 19.7 Å². The zero-order chi connectivity index (χ0) is 16.4. The summed E-state index contributed by atoms with van der Waals surface area (Å²) >= 11 is 0. The number of rotatable bonds is 3. The summed E-state index contributed by atoms with van der Waals surface area (Å²) in [7, 11) is 0. The zero-order valence-corrected chi connectivity index (χ0v) is 13.5. The second kappa shape index (κ2) is 6.16. The molecule has 0 aliphatic heterocycles. The van der Waals surface area contributed by atoms with Gasteiger partial charge in [-0.2, -0.15) is 5.10 Å². The normalized spacial score (nSPS) is 13.8. The van der Waals surface area contributed by atoms with E-state index in [2.05, 4.69) is 52.6 Å². The number of allylic oxidation sites excluding steroid dienone is 6. The van der Waals surface area contributed by atoms with E-state index in [0.29, 0.717) is 0 Å². The Morgan fingerprint density at radius 2 is 1.96 bits per heavy atom. The fraction of sp³-hybridized carbons (Fsp3) is 0.100. The van der Waals surface area contributed by atoms with Crippen LogP contribution in [0.2, 0.25) is 0 Å². The number of hydrogen-bond acceptors (Lipinski definition) is 2. The van der Waals surface area contributed by atoms with Gasteiger partial charge >= 0.3 is 0 Å². The van der Waals surface area contributed by atoms with Gasteiger partial charge in [-0.15, -0.1) is 0 Å². The van der Waals surface area contributed by atoms with Gasteiger partial charge in [0.1, 0.15) is 5.82 Å². The van der Waals surface area contributed by atoms with E-state index in [9.17, 15) is 0 Å². The summed E-state index contributed by atoms with van der Waals surface area (Å²) in [6.07, 6.45) is 15.2. The van der Waals surface area contributed by atoms with Crippen LogP contribution in [0.5, 0.6) is 0 Å². The lowest BCUT2D eigenvalue weighted by Gasteiger charge is -1.99. The summed E-state index contributed by atoms with van der Waals surface area (Å²) in [5, 5.41) is 4.47. The number of nitrogens with zero attached hydrogens (tertiary/aromatic N) is 3. The molecule has 0 unspecified atom stereocenters. The number of imidazole rings is 1. The van der Waals surface area contributed by atoms with Crippen molar-refractivity contribution in [3.63, 3.8) is 0 Å². The van der Waals surface area contributed by atoms with Crippen molar-refractivity contribution >= 4 is 5.70 Å². The van der Waals surface area contributed by atoms with E-state index in [-0.39, 0.29) is 0 Å². The Kier molecular flexibility index (Phi) is 3.71. The van der Waals surface area contributed by atoms with Crippen molar-refractivity contribution in [3.8, 4) is 22.6 Å². The Hall–Kier alpha value is -3.14. The maximum Gasteiger partial charge on any atom is 0.141 e. The van der Waals surface area contributed by atoms with Crippen molar-refractivity contribution in [2.75, 3.05) is 0 Å². The van der Waals surface area contributed by atoms with Crippen LogP contribution in [0.3, 0.4) is 0 Å². The first-order valence-electron chi connectivity index (χ1n) is 8.02. The minimum Gasteiger partial charge on any atom is -0.341 e. The quantitative estimate of drug-likeness (QED) is 0.767. The monoisotopic (exact) mass is 314 g/mol. The van der Waals surface area contributed by atoms with Gasteiger partial charge in [-0.05, 0) is 25.5 Å². The Balaban J connectivity index is 1.68. The van der Waals surface area contributed by atoms with Gasteiger partial charge in [0.15, 0.2) is 0 Å². The van der Waals surface area contributed by atoms with Crippen LogP contribution in [0.15, 0.2) is 73.1 Å². The van der Waals surface area contributed by atoms with Gasteiger partial charge in [-0.3, -0.25) is 0 Å². The van der Waals surface area contributed by atoms with Crippen LogP contribution in [0.25, 0.3) is 28.3 Å². The van der Waals surface area contributed by atoms with Crippen LogP contribution in [0.1, 0.15) is 12.1 Å². The van der Waals surface area contributed by atoms with Crippen molar-refractivity contribution in [2.24, 2.45) is 0 Å². The largest absolute Gasteiger partial charge is 0.341 e. The van der Waals surface area contributed by atoms with Gasteiger partial charge in [0, 0.05) is 17.5 Å². The van der Waals surface area contributed by atoms with Crippen molar-refractivity contribution in [1.29, 1.82) is 0 Å². The summed E-state index contributed by atoms with van der Waals surface area (Å²) in [5.41, 5.74) is 5.17. The molecule has 0 saturated heterocycles. The highest BCUT2D eigenvalue weighted by Crippen LogP contribution is 2.25. The predicted octanol–water partition coefficient (Wildman–Crippen LogP) is 4.61. The number of H-pyrrole nitrogens is 1. The summed E-state index contributed by atoms with van der Waals surface area (Å²) in [6, 6.07) is 10.2. The van der Waals surface area contributed by atoms with Crippen LogP contribution >= 0.6 is 0 Å². The molecule has 0 fully saturated rings. The zero-order valence-electron chi connectivity index (χ0n) is 13.5.